The number of nitrogens with zero attached hydrogens (tertiary/aromatic N) is 2. The van der Waals surface area contributed by atoms with E-state index in [2.05, 4.69) is 0 Å². The fraction of sp³-hybridized carbons (Fsp3) is 0.714. The minimum Gasteiger partial charge on any atom is -0.326 e. The lowest BCUT2D eigenvalue weighted by atomic mass is 10.2. The first kappa shape index (κ1) is 18.6. The summed E-state index contributed by atoms with van der Waals surface area (Å²) >= 11 is 1.42. The molecule has 122 valence electrons. The second-order valence-corrected chi connectivity index (χ2v) is 8.77. The molecule has 1 heterocycles. The zero-order valence-electron chi connectivity index (χ0n) is 13.6. The Morgan fingerprint density at radius 3 is 2.38 bits per heavy atom. The lowest BCUT2D eigenvalue weighted by Gasteiger charge is -2.26. The highest BCUT2D eigenvalue weighted by molar-refractivity contribution is 7.89. The molecular weight excluding hydrogens is 306 g/mol. The van der Waals surface area contributed by atoms with Gasteiger partial charge < -0.3 is 10.6 Å². The zero-order chi connectivity index (χ0) is 16.2. The van der Waals surface area contributed by atoms with Crippen molar-refractivity contribution < 1.29 is 8.42 Å². The Labute approximate surface area is 132 Å². The quantitative estimate of drug-likeness (QED) is 0.787. The van der Waals surface area contributed by atoms with Gasteiger partial charge in [-0.1, -0.05) is 13.8 Å². The summed E-state index contributed by atoms with van der Waals surface area (Å²) in [6.45, 7) is 7.87. The standard InChI is InChI=1S/C14H27N3O2S2/c1-11(2)9-17(7-6-16(4)5)21(18,19)14-12(3)10-20-13(14)8-15/h10-11H,6-9,15H2,1-5H3. The third-order valence-electron chi connectivity index (χ3n) is 3.14. The fourth-order valence-corrected chi connectivity index (χ4v) is 5.38. The molecule has 2 N–H and O–H groups in total. The first-order valence-electron chi connectivity index (χ1n) is 7.12. The molecule has 0 aliphatic heterocycles. The molecule has 0 aromatic carbocycles. The number of hydrogen-bond acceptors (Lipinski definition) is 5. The van der Waals surface area contributed by atoms with Crippen LogP contribution in [-0.4, -0.2) is 51.4 Å². The molecule has 0 saturated carbocycles. The maximum Gasteiger partial charge on any atom is 0.244 e. The second kappa shape index (κ2) is 7.69. The van der Waals surface area contributed by atoms with Crippen LogP contribution in [-0.2, 0) is 16.6 Å². The van der Waals surface area contributed by atoms with E-state index in [-0.39, 0.29) is 12.5 Å². The summed E-state index contributed by atoms with van der Waals surface area (Å²) in [5.74, 6) is 0.280. The van der Waals surface area contributed by atoms with Crippen LogP contribution >= 0.6 is 11.3 Å². The molecule has 21 heavy (non-hydrogen) atoms. The highest BCUT2D eigenvalue weighted by Gasteiger charge is 2.29. The average Bonchev–Trinajstić information content (AvgIpc) is 2.75. The lowest BCUT2D eigenvalue weighted by Crippen LogP contribution is -2.39. The van der Waals surface area contributed by atoms with Gasteiger partial charge in [0.2, 0.25) is 10.0 Å². The summed E-state index contributed by atoms with van der Waals surface area (Å²) in [5.41, 5.74) is 6.49. The van der Waals surface area contributed by atoms with Gasteiger partial charge in [-0.3, -0.25) is 0 Å². The van der Waals surface area contributed by atoms with Crippen molar-refractivity contribution in [3.8, 4) is 0 Å². The predicted octanol–water partition coefficient (Wildman–Crippen LogP) is 1.72. The van der Waals surface area contributed by atoms with Gasteiger partial charge in [-0.05, 0) is 37.9 Å². The summed E-state index contributed by atoms with van der Waals surface area (Å²) in [7, 11) is 0.407. The molecule has 1 rings (SSSR count). The van der Waals surface area contributed by atoms with Gasteiger partial charge in [0, 0.05) is 31.1 Å². The van der Waals surface area contributed by atoms with Crippen LogP contribution in [0.5, 0.6) is 0 Å². The third kappa shape index (κ3) is 4.75. The van der Waals surface area contributed by atoms with Crippen LogP contribution in [0.3, 0.4) is 0 Å². The van der Waals surface area contributed by atoms with Crippen molar-refractivity contribution in [1.29, 1.82) is 0 Å². The van der Waals surface area contributed by atoms with Gasteiger partial charge in [-0.2, -0.15) is 4.31 Å². The SMILES string of the molecule is Cc1csc(CN)c1S(=O)(=O)N(CCN(C)C)CC(C)C. The number of rotatable bonds is 8. The normalized spacial score (nSPS) is 12.8. The molecule has 1 aromatic heterocycles. The third-order valence-corrected chi connectivity index (χ3v) is 6.49. The molecule has 0 radical (unpaired) electrons. The van der Waals surface area contributed by atoms with Gasteiger partial charge >= 0.3 is 0 Å². The van der Waals surface area contributed by atoms with E-state index in [1.54, 1.807) is 4.31 Å². The van der Waals surface area contributed by atoms with Gasteiger partial charge in [-0.25, -0.2) is 8.42 Å². The van der Waals surface area contributed by atoms with Crippen molar-refractivity contribution >= 4 is 21.4 Å². The molecule has 0 aliphatic carbocycles. The van der Waals surface area contributed by atoms with Crippen LogP contribution in [0.2, 0.25) is 0 Å². The minimum absolute atomic E-state index is 0.260. The molecule has 0 bridgehead atoms. The van der Waals surface area contributed by atoms with Crippen molar-refractivity contribution in [3.63, 3.8) is 0 Å². The summed E-state index contributed by atoms with van der Waals surface area (Å²) in [6.07, 6.45) is 0. The Morgan fingerprint density at radius 1 is 1.29 bits per heavy atom. The smallest absolute Gasteiger partial charge is 0.244 e. The van der Waals surface area contributed by atoms with Crippen molar-refractivity contribution in [1.82, 2.24) is 9.21 Å². The maximum atomic E-state index is 13.0. The Bertz CT molecular complexity index is 551. The molecule has 0 aliphatic rings. The van der Waals surface area contributed by atoms with E-state index in [9.17, 15) is 8.42 Å². The molecule has 0 atom stereocenters. The number of sulfonamides is 1. The summed E-state index contributed by atoms with van der Waals surface area (Å²) in [6, 6.07) is 0. The lowest BCUT2D eigenvalue weighted by molar-refractivity contribution is 0.312. The monoisotopic (exact) mass is 333 g/mol. The minimum atomic E-state index is -3.48. The average molecular weight is 334 g/mol. The molecule has 0 spiro atoms. The second-order valence-electron chi connectivity index (χ2n) is 5.94. The topological polar surface area (TPSA) is 66.6 Å². The number of thiophene rings is 1. The largest absolute Gasteiger partial charge is 0.326 e. The van der Waals surface area contributed by atoms with Gasteiger partial charge in [0.1, 0.15) is 4.90 Å². The van der Waals surface area contributed by atoms with E-state index in [1.807, 2.05) is 45.1 Å². The van der Waals surface area contributed by atoms with Gasteiger partial charge in [-0.15, -0.1) is 11.3 Å². The van der Waals surface area contributed by atoms with Crippen molar-refractivity contribution in [2.45, 2.75) is 32.2 Å². The number of hydrogen-bond donors (Lipinski definition) is 1. The van der Waals surface area contributed by atoms with E-state index >= 15 is 0 Å². The summed E-state index contributed by atoms with van der Waals surface area (Å²) < 4.78 is 27.6. The van der Waals surface area contributed by atoms with Crippen LogP contribution < -0.4 is 5.73 Å². The number of nitrogens with two attached hydrogens (primary N) is 1. The first-order chi connectivity index (χ1) is 9.70. The van der Waals surface area contributed by atoms with Crippen LogP contribution in [0.4, 0.5) is 0 Å². The van der Waals surface area contributed by atoms with Gasteiger partial charge in [0.25, 0.3) is 0 Å². The molecule has 0 fully saturated rings. The number of aryl methyl sites for hydroxylation is 1. The van der Waals surface area contributed by atoms with E-state index in [0.29, 0.717) is 24.5 Å². The fourth-order valence-electron chi connectivity index (χ4n) is 2.13. The van der Waals surface area contributed by atoms with Crippen molar-refractivity contribution in [2.24, 2.45) is 11.7 Å². The first-order valence-corrected chi connectivity index (χ1v) is 9.44. The van der Waals surface area contributed by atoms with Crippen LogP contribution in [0.1, 0.15) is 24.3 Å². The Balaban J connectivity index is 3.16. The predicted molar refractivity (Wildman–Crippen MR) is 89.1 cm³/mol. The van der Waals surface area contributed by atoms with Crippen LogP contribution in [0.25, 0.3) is 0 Å². The summed E-state index contributed by atoms with van der Waals surface area (Å²) in [4.78, 5) is 3.15. The van der Waals surface area contributed by atoms with Crippen molar-refractivity contribution in [3.05, 3.63) is 15.8 Å². The zero-order valence-corrected chi connectivity index (χ0v) is 15.2. The highest BCUT2D eigenvalue weighted by atomic mass is 32.2. The molecule has 0 amide bonds. The van der Waals surface area contributed by atoms with Crippen LogP contribution in [0, 0.1) is 12.8 Å². The Kier molecular flexibility index (Phi) is 6.80. The maximum absolute atomic E-state index is 13.0. The van der Waals surface area contributed by atoms with E-state index in [0.717, 1.165) is 10.4 Å². The van der Waals surface area contributed by atoms with Crippen molar-refractivity contribution in [2.75, 3.05) is 33.7 Å². The van der Waals surface area contributed by atoms with E-state index in [1.165, 1.54) is 11.3 Å². The van der Waals surface area contributed by atoms with Gasteiger partial charge in [0.15, 0.2) is 0 Å². The van der Waals surface area contributed by atoms with E-state index in [4.69, 9.17) is 5.73 Å². The molecular formula is C14H27N3O2S2. The van der Waals surface area contributed by atoms with Gasteiger partial charge in [0.05, 0.1) is 0 Å². The highest BCUT2D eigenvalue weighted by Crippen LogP contribution is 2.29. The molecule has 5 nitrogen and oxygen atoms in total. The molecule has 7 heteroatoms. The molecule has 0 unspecified atom stereocenters. The number of likely N-dealkylation sites (N-methyl/N-ethyl adjacent to an activating group) is 1. The van der Waals surface area contributed by atoms with Crippen LogP contribution in [0.15, 0.2) is 10.3 Å². The Morgan fingerprint density at radius 2 is 1.90 bits per heavy atom. The summed E-state index contributed by atoms with van der Waals surface area (Å²) in [5, 5.41) is 1.87. The van der Waals surface area contributed by atoms with E-state index < -0.39 is 10.0 Å². The molecule has 0 saturated heterocycles. The Hall–Kier alpha value is -0.470. The molecule has 1 aromatic rings.